The van der Waals surface area contributed by atoms with Crippen LogP contribution < -0.4 is 10.2 Å². The third-order valence-electron chi connectivity index (χ3n) is 4.72. The molecule has 8 nitrogen and oxygen atoms in total. The van der Waals surface area contributed by atoms with E-state index in [1.807, 2.05) is 33.0 Å². The van der Waals surface area contributed by atoms with E-state index in [-0.39, 0.29) is 18.0 Å². The smallest absolute Gasteiger partial charge is 0.243 e. The molecule has 25 heavy (non-hydrogen) atoms. The molecule has 0 saturated carbocycles. The molecule has 2 aromatic heterocycles. The van der Waals surface area contributed by atoms with E-state index in [1.54, 1.807) is 12.3 Å². The summed E-state index contributed by atoms with van der Waals surface area (Å²) in [7, 11) is 1.99. The first-order valence-corrected chi connectivity index (χ1v) is 8.53. The van der Waals surface area contributed by atoms with Crippen molar-refractivity contribution in [3.05, 3.63) is 30.1 Å². The Bertz CT molecular complexity index is 704. The van der Waals surface area contributed by atoms with Crippen molar-refractivity contribution < 1.29 is 9.32 Å². The van der Waals surface area contributed by atoms with Crippen molar-refractivity contribution in [1.29, 1.82) is 0 Å². The van der Waals surface area contributed by atoms with Crippen LogP contribution in [-0.4, -0.2) is 58.4 Å². The second kappa shape index (κ2) is 7.60. The van der Waals surface area contributed by atoms with Crippen molar-refractivity contribution in [2.45, 2.75) is 38.8 Å². The molecule has 0 bridgehead atoms. The first kappa shape index (κ1) is 17.3. The van der Waals surface area contributed by atoms with Gasteiger partial charge in [-0.2, -0.15) is 5.10 Å². The van der Waals surface area contributed by atoms with Crippen molar-refractivity contribution in [2.24, 2.45) is 0 Å². The molecule has 1 saturated heterocycles. The third-order valence-corrected chi connectivity index (χ3v) is 4.72. The van der Waals surface area contributed by atoms with E-state index in [0.29, 0.717) is 5.88 Å². The summed E-state index contributed by atoms with van der Waals surface area (Å²) in [6.07, 6.45) is 3.78. The largest absolute Gasteiger partial charge is 0.354 e. The van der Waals surface area contributed by atoms with Gasteiger partial charge in [0, 0.05) is 31.4 Å². The van der Waals surface area contributed by atoms with Crippen LogP contribution in [0.1, 0.15) is 25.5 Å². The first-order chi connectivity index (χ1) is 12.0. The average Bonchev–Trinajstić information content (AvgIpc) is 3.06. The second-order valence-corrected chi connectivity index (χ2v) is 6.49. The predicted octanol–water partition coefficient (Wildman–Crippen LogP) is 1.70. The number of anilines is 2. The molecule has 1 aliphatic heterocycles. The van der Waals surface area contributed by atoms with Gasteiger partial charge in [0.05, 0.1) is 11.7 Å². The first-order valence-electron chi connectivity index (χ1n) is 8.53. The number of aryl methyl sites for hydroxylation is 1. The van der Waals surface area contributed by atoms with E-state index in [1.165, 1.54) is 0 Å². The van der Waals surface area contributed by atoms with Gasteiger partial charge in [0.15, 0.2) is 5.82 Å². The highest BCUT2D eigenvalue weighted by molar-refractivity contribution is 5.93. The lowest BCUT2D eigenvalue weighted by Gasteiger charge is -2.39. The van der Waals surface area contributed by atoms with Crippen LogP contribution >= 0.6 is 0 Å². The van der Waals surface area contributed by atoms with Crippen LogP contribution in [-0.2, 0) is 4.79 Å². The van der Waals surface area contributed by atoms with E-state index in [4.69, 9.17) is 4.52 Å². The maximum absolute atomic E-state index is 12.5. The highest BCUT2D eigenvalue weighted by Crippen LogP contribution is 2.21. The maximum atomic E-state index is 12.5. The zero-order chi connectivity index (χ0) is 17.8. The number of nitrogens with one attached hydrogen (secondary N) is 1. The van der Waals surface area contributed by atoms with Crippen LogP contribution in [0.15, 0.2) is 28.9 Å². The molecule has 8 heteroatoms. The molecule has 134 valence electrons. The lowest BCUT2D eigenvalue weighted by molar-refractivity contribution is -0.121. The van der Waals surface area contributed by atoms with E-state index < -0.39 is 0 Å². The van der Waals surface area contributed by atoms with Crippen molar-refractivity contribution in [3.63, 3.8) is 0 Å². The lowest BCUT2D eigenvalue weighted by atomic mass is 10.0. The molecule has 2 unspecified atom stereocenters. The molecular weight excluding hydrogens is 320 g/mol. The Hall–Kier alpha value is -2.48. The molecule has 1 aliphatic rings. The summed E-state index contributed by atoms with van der Waals surface area (Å²) in [6, 6.07) is 5.56. The maximum Gasteiger partial charge on any atom is 0.243 e. The van der Waals surface area contributed by atoms with Crippen LogP contribution in [0.5, 0.6) is 0 Å². The average molecular weight is 344 g/mol. The van der Waals surface area contributed by atoms with E-state index in [0.717, 1.165) is 37.4 Å². The van der Waals surface area contributed by atoms with Gasteiger partial charge in [-0.15, -0.1) is 5.10 Å². The highest BCUT2D eigenvalue weighted by Gasteiger charge is 2.29. The Morgan fingerprint density at radius 2 is 2.36 bits per heavy atom. The minimum atomic E-state index is -0.280. The fraction of sp³-hybridized carbons (Fsp3) is 0.529. The Labute approximate surface area is 147 Å². The van der Waals surface area contributed by atoms with Gasteiger partial charge in [-0.25, -0.2) is 0 Å². The Kier molecular flexibility index (Phi) is 5.28. The number of rotatable bonds is 5. The summed E-state index contributed by atoms with van der Waals surface area (Å²) >= 11 is 0. The Morgan fingerprint density at radius 1 is 1.52 bits per heavy atom. The van der Waals surface area contributed by atoms with E-state index >= 15 is 0 Å². The van der Waals surface area contributed by atoms with Gasteiger partial charge in [-0.3, -0.25) is 15.0 Å². The van der Waals surface area contributed by atoms with Gasteiger partial charge < -0.3 is 9.42 Å². The number of carbonyl (C=O) groups is 1. The minimum absolute atomic E-state index is 0.102. The number of hydrogen-bond donors (Lipinski definition) is 1. The zero-order valence-electron chi connectivity index (χ0n) is 14.8. The lowest BCUT2D eigenvalue weighted by Crippen LogP contribution is -2.52. The van der Waals surface area contributed by atoms with Gasteiger partial charge in [0.2, 0.25) is 11.8 Å². The predicted molar refractivity (Wildman–Crippen MR) is 94.4 cm³/mol. The number of likely N-dealkylation sites (N-methyl/N-ethyl adjacent to an activating group) is 1. The fourth-order valence-electron chi connectivity index (χ4n) is 3.11. The van der Waals surface area contributed by atoms with Crippen LogP contribution in [0.4, 0.5) is 11.7 Å². The van der Waals surface area contributed by atoms with Gasteiger partial charge in [0.25, 0.3) is 0 Å². The normalized spacial score (nSPS) is 19.0. The fourth-order valence-corrected chi connectivity index (χ4v) is 3.11. The van der Waals surface area contributed by atoms with E-state index in [2.05, 4.69) is 30.5 Å². The molecule has 0 spiro atoms. The molecule has 2 atom stereocenters. The topological polar surface area (TPSA) is 87.4 Å². The van der Waals surface area contributed by atoms with Crippen molar-refractivity contribution in [3.8, 4) is 0 Å². The van der Waals surface area contributed by atoms with Crippen LogP contribution in [0, 0.1) is 6.92 Å². The number of piperidine rings is 1. The number of amides is 1. The summed E-state index contributed by atoms with van der Waals surface area (Å²) in [6.45, 7) is 5.51. The van der Waals surface area contributed by atoms with E-state index in [9.17, 15) is 4.79 Å². The Morgan fingerprint density at radius 3 is 3.04 bits per heavy atom. The van der Waals surface area contributed by atoms with Crippen LogP contribution in [0.25, 0.3) is 0 Å². The molecule has 3 heterocycles. The molecule has 0 radical (unpaired) electrons. The summed E-state index contributed by atoms with van der Waals surface area (Å²) in [5.74, 6) is 1.16. The molecule has 2 aromatic rings. The summed E-state index contributed by atoms with van der Waals surface area (Å²) in [5.41, 5.74) is 0.739. The molecule has 0 aliphatic carbocycles. The summed E-state index contributed by atoms with van der Waals surface area (Å²) < 4.78 is 5.06. The molecule has 1 amide bonds. The monoisotopic (exact) mass is 344 g/mol. The zero-order valence-corrected chi connectivity index (χ0v) is 14.8. The number of nitrogens with zero attached hydrogens (tertiary/aromatic N) is 5. The summed E-state index contributed by atoms with van der Waals surface area (Å²) in [5, 5.41) is 14.7. The van der Waals surface area contributed by atoms with Gasteiger partial charge >= 0.3 is 0 Å². The van der Waals surface area contributed by atoms with Gasteiger partial charge in [-0.05, 0) is 45.9 Å². The number of hydrogen-bond acceptors (Lipinski definition) is 7. The molecule has 3 rings (SSSR count). The van der Waals surface area contributed by atoms with Crippen molar-refractivity contribution in [1.82, 2.24) is 20.3 Å². The SMILES string of the molecule is Cc1cc(NC(=O)C(C)N(C)C2CCCN(c3cccnn3)C2)on1. The standard InChI is InChI=1S/C17H24N6O2/c1-12-10-16(25-21-12)19-17(24)13(2)22(3)14-6-5-9-23(11-14)15-7-4-8-18-20-15/h4,7-8,10,13-14H,5-6,9,11H2,1-3H3,(H,19,24). The molecule has 1 fully saturated rings. The van der Waals surface area contributed by atoms with Gasteiger partial charge in [-0.1, -0.05) is 5.16 Å². The van der Waals surface area contributed by atoms with Crippen LogP contribution in [0.3, 0.4) is 0 Å². The van der Waals surface area contributed by atoms with Crippen molar-refractivity contribution >= 4 is 17.6 Å². The van der Waals surface area contributed by atoms with Crippen molar-refractivity contribution in [2.75, 3.05) is 30.4 Å². The third kappa shape index (κ3) is 4.14. The molecule has 0 aromatic carbocycles. The molecular formula is C17H24N6O2. The minimum Gasteiger partial charge on any atom is -0.354 e. The second-order valence-electron chi connectivity index (χ2n) is 6.49. The number of aromatic nitrogens is 3. The Balaban J connectivity index is 1.61. The number of carbonyl (C=O) groups excluding carboxylic acids is 1. The summed E-state index contributed by atoms with van der Waals surface area (Å²) in [4.78, 5) is 16.8. The molecule has 1 N–H and O–H groups in total. The quantitative estimate of drug-likeness (QED) is 0.883. The highest BCUT2D eigenvalue weighted by atomic mass is 16.5. The van der Waals surface area contributed by atoms with Crippen LogP contribution in [0.2, 0.25) is 0 Å². The van der Waals surface area contributed by atoms with Gasteiger partial charge in [0.1, 0.15) is 0 Å².